The first-order valence-corrected chi connectivity index (χ1v) is 6.56. The number of hydrogen-bond acceptors (Lipinski definition) is 6. The van der Waals surface area contributed by atoms with E-state index in [0.717, 1.165) is 5.56 Å². The molecule has 0 atom stereocenters. The van der Waals surface area contributed by atoms with Crippen LogP contribution in [0.2, 0.25) is 0 Å². The van der Waals surface area contributed by atoms with Gasteiger partial charge in [0.2, 0.25) is 11.8 Å². The van der Waals surface area contributed by atoms with Gasteiger partial charge < -0.3 is 15.2 Å². The van der Waals surface area contributed by atoms with Crippen LogP contribution in [-0.2, 0) is 6.42 Å². The molecule has 3 rings (SSSR count). The predicted molar refractivity (Wildman–Crippen MR) is 78.5 cm³/mol. The van der Waals surface area contributed by atoms with Crippen LogP contribution in [0.25, 0.3) is 11.0 Å². The summed E-state index contributed by atoms with van der Waals surface area (Å²) in [5, 5.41) is 19.3. The van der Waals surface area contributed by atoms with Gasteiger partial charge in [-0.2, -0.15) is 15.1 Å². The molecule has 0 unspecified atom stereocenters. The van der Waals surface area contributed by atoms with Crippen LogP contribution in [0.5, 0.6) is 11.6 Å². The number of anilines is 1. The number of aromatic nitrogens is 4. The van der Waals surface area contributed by atoms with E-state index in [0.29, 0.717) is 35.0 Å². The highest BCUT2D eigenvalue weighted by molar-refractivity contribution is 5.80. The molecule has 0 amide bonds. The molecular formula is C14H15N5O2. The van der Waals surface area contributed by atoms with Gasteiger partial charge in [-0.15, -0.1) is 0 Å². The van der Waals surface area contributed by atoms with Gasteiger partial charge in [-0.25, -0.2) is 0 Å². The lowest BCUT2D eigenvalue weighted by molar-refractivity contribution is 0.299. The van der Waals surface area contributed by atoms with Crippen molar-refractivity contribution in [1.29, 1.82) is 0 Å². The molecule has 0 spiro atoms. The molecule has 0 saturated heterocycles. The van der Waals surface area contributed by atoms with E-state index in [1.54, 1.807) is 13.2 Å². The Morgan fingerprint density at radius 2 is 2.05 bits per heavy atom. The molecule has 7 heteroatoms. The molecule has 0 aliphatic heterocycles. The molecule has 0 saturated carbocycles. The largest absolute Gasteiger partial charge is 0.438 e. The molecule has 108 valence electrons. The molecule has 2 heterocycles. The SMILES string of the molecule is CNc1nc(Oc2ccc(CCO)cc2)c2cn[nH]c2n1. The van der Waals surface area contributed by atoms with Crippen LogP contribution >= 0.6 is 0 Å². The fourth-order valence-corrected chi connectivity index (χ4v) is 1.96. The van der Waals surface area contributed by atoms with Crippen molar-refractivity contribution in [3.63, 3.8) is 0 Å². The van der Waals surface area contributed by atoms with Crippen molar-refractivity contribution >= 4 is 17.0 Å². The Hall–Kier alpha value is -2.67. The fraction of sp³-hybridized carbons (Fsp3) is 0.214. The molecule has 3 N–H and O–H groups in total. The maximum Gasteiger partial charge on any atom is 0.235 e. The van der Waals surface area contributed by atoms with Crippen molar-refractivity contribution in [2.75, 3.05) is 19.0 Å². The molecule has 21 heavy (non-hydrogen) atoms. The van der Waals surface area contributed by atoms with Crippen molar-refractivity contribution in [2.45, 2.75) is 6.42 Å². The third-order valence-electron chi connectivity index (χ3n) is 3.04. The predicted octanol–water partition coefficient (Wildman–Crippen LogP) is 1.72. The maximum absolute atomic E-state index is 8.91. The zero-order valence-corrected chi connectivity index (χ0v) is 11.5. The number of fused-ring (bicyclic) bond motifs is 1. The minimum absolute atomic E-state index is 0.132. The quantitative estimate of drug-likeness (QED) is 0.660. The first-order chi connectivity index (χ1) is 10.3. The number of hydrogen-bond donors (Lipinski definition) is 3. The number of aliphatic hydroxyl groups excluding tert-OH is 1. The van der Waals surface area contributed by atoms with E-state index in [-0.39, 0.29) is 6.61 Å². The number of aliphatic hydroxyl groups is 1. The number of H-pyrrole nitrogens is 1. The van der Waals surface area contributed by atoms with Gasteiger partial charge in [0.15, 0.2) is 5.65 Å². The van der Waals surface area contributed by atoms with Crippen LogP contribution in [0.3, 0.4) is 0 Å². The number of ether oxygens (including phenoxy) is 1. The summed E-state index contributed by atoms with van der Waals surface area (Å²) in [5.41, 5.74) is 1.66. The van der Waals surface area contributed by atoms with Gasteiger partial charge in [-0.05, 0) is 24.1 Å². The molecule has 0 radical (unpaired) electrons. The Morgan fingerprint density at radius 3 is 2.76 bits per heavy atom. The summed E-state index contributed by atoms with van der Waals surface area (Å²) in [7, 11) is 1.74. The standard InChI is InChI=1S/C14H15N5O2/c1-15-14-17-12-11(8-16-19-12)13(18-14)21-10-4-2-9(3-5-10)6-7-20/h2-5,8,20H,6-7H2,1H3,(H2,15,16,17,18,19). The third-order valence-corrected chi connectivity index (χ3v) is 3.04. The molecule has 2 aromatic heterocycles. The summed E-state index contributed by atoms with van der Waals surface area (Å²) < 4.78 is 5.81. The van der Waals surface area contributed by atoms with Crippen molar-refractivity contribution in [3.05, 3.63) is 36.0 Å². The molecule has 3 aromatic rings. The summed E-state index contributed by atoms with van der Waals surface area (Å²) >= 11 is 0. The second-order valence-corrected chi connectivity index (χ2v) is 4.45. The zero-order chi connectivity index (χ0) is 14.7. The summed E-state index contributed by atoms with van der Waals surface area (Å²) in [6.45, 7) is 0.132. The third kappa shape index (κ3) is 2.77. The topological polar surface area (TPSA) is 96.0 Å². The van der Waals surface area contributed by atoms with E-state index < -0.39 is 0 Å². The van der Waals surface area contributed by atoms with Gasteiger partial charge in [0.1, 0.15) is 11.1 Å². The normalized spacial score (nSPS) is 10.8. The number of nitrogens with one attached hydrogen (secondary N) is 2. The lowest BCUT2D eigenvalue weighted by atomic mass is 10.1. The number of nitrogens with zero attached hydrogens (tertiary/aromatic N) is 3. The highest BCUT2D eigenvalue weighted by Gasteiger charge is 2.11. The van der Waals surface area contributed by atoms with E-state index in [2.05, 4.69) is 25.5 Å². The minimum atomic E-state index is 0.132. The molecule has 0 bridgehead atoms. The van der Waals surface area contributed by atoms with E-state index >= 15 is 0 Å². The van der Waals surface area contributed by atoms with Gasteiger partial charge in [0.05, 0.1) is 6.20 Å². The van der Waals surface area contributed by atoms with Crippen molar-refractivity contribution in [1.82, 2.24) is 20.2 Å². The molecular weight excluding hydrogens is 270 g/mol. The monoisotopic (exact) mass is 285 g/mol. The molecule has 0 aliphatic carbocycles. The Balaban J connectivity index is 1.91. The van der Waals surface area contributed by atoms with Crippen LogP contribution in [0.15, 0.2) is 30.5 Å². The van der Waals surface area contributed by atoms with Crippen molar-refractivity contribution < 1.29 is 9.84 Å². The minimum Gasteiger partial charge on any atom is -0.438 e. The first kappa shape index (κ1) is 13.3. The summed E-state index contributed by atoms with van der Waals surface area (Å²) in [5.74, 6) is 1.56. The lowest BCUT2D eigenvalue weighted by Gasteiger charge is -2.08. The van der Waals surface area contributed by atoms with E-state index in [1.165, 1.54) is 0 Å². The average Bonchev–Trinajstić information content (AvgIpc) is 2.98. The van der Waals surface area contributed by atoms with Gasteiger partial charge in [0.25, 0.3) is 0 Å². The number of aromatic amines is 1. The van der Waals surface area contributed by atoms with Crippen LogP contribution in [-0.4, -0.2) is 38.9 Å². The van der Waals surface area contributed by atoms with Gasteiger partial charge in [-0.3, -0.25) is 5.10 Å². The van der Waals surface area contributed by atoms with Crippen LogP contribution in [0.1, 0.15) is 5.56 Å². The van der Waals surface area contributed by atoms with Crippen LogP contribution < -0.4 is 10.1 Å². The van der Waals surface area contributed by atoms with Crippen LogP contribution in [0.4, 0.5) is 5.95 Å². The van der Waals surface area contributed by atoms with E-state index in [1.807, 2.05) is 24.3 Å². The molecule has 0 aliphatic rings. The maximum atomic E-state index is 8.91. The molecule has 0 fully saturated rings. The van der Waals surface area contributed by atoms with Gasteiger partial charge in [0, 0.05) is 13.7 Å². The molecule has 1 aromatic carbocycles. The molecule has 7 nitrogen and oxygen atoms in total. The Bertz CT molecular complexity index is 739. The fourth-order valence-electron chi connectivity index (χ4n) is 1.96. The second-order valence-electron chi connectivity index (χ2n) is 4.45. The van der Waals surface area contributed by atoms with Crippen LogP contribution in [0, 0.1) is 0 Å². The second kappa shape index (κ2) is 5.76. The Kier molecular flexibility index (Phi) is 3.65. The van der Waals surface area contributed by atoms with Gasteiger partial charge in [-0.1, -0.05) is 12.1 Å². The highest BCUT2D eigenvalue weighted by atomic mass is 16.5. The highest BCUT2D eigenvalue weighted by Crippen LogP contribution is 2.27. The summed E-state index contributed by atoms with van der Waals surface area (Å²) in [4.78, 5) is 8.55. The smallest absolute Gasteiger partial charge is 0.235 e. The van der Waals surface area contributed by atoms with Crippen molar-refractivity contribution in [3.8, 4) is 11.6 Å². The van der Waals surface area contributed by atoms with Gasteiger partial charge >= 0.3 is 0 Å². The summed E-state index contributed by atoms with van der Waals surface area (Å²) in [6.07, 6.45) is 2.26. The average molecular weight is 285 g/mol. The van der Waals surface area contributed by atoms with Crippen molar-refractivity contribution in [2.24, 2.45) is 0 Å². The Labute approximate surface area is 121 Å². The lowest BCUT2D eigenvalue weighted by Crippen LogP contribution is -1.99. The summed E-state index contributed by atoms with van der Waals surface area (Å²) in [6, 6.07) is 7.52. The number of rotatable bonds is 5. The van der Waals surface area contributed by atoms with E-state index in [9.17, 15) is 0 Å². The zero-order valence-electron chi connectivity index (χ0n) is 11.5. The Morgan fingerprint density at radius 1 is 1.24 bits per heavy atom. The first-order valence-electron chi connectivity index (χ1n) is 6.56. The van der Waals surface area contributed by atoms with E-state index in [4.69, 9.17) is 9.84 Å². The number of benzene rings is 1.